The van der Waals surface area contributed by atoms with E-state index in [1.165, 1.54) is 23.3 Å². The molecule has 1 amide bonds. The molecule has 138 valence electrons. The number of primary sulfonamides is 1. The molecule has 7 heteroatoms. The van der Waals surface area contributed by atoms with Crippen molar-refractivity contribution in [3.63, 3.8) is 0 Å². The van der Waals surface area contributed by atoms with E-state index in [2.05, 4.69) is 28.4 Å². The van der Waals surface area contributed by atoms with E-state index < -0.39 is 10.0 Å². The van der Waals surface area contributed by atoms with E-state index in [1.54, 1.807) is 13.0 Å². The predicted octanol–water partition coefficient (Wildman–Crippen LogP) is 1.43. The fourth-order valence-electron chi connectivity index (χ4n) is 3.19. The lowest BCUT2D eigenvalue weighted by atomic mass is 10.00. The minimum Gasteiger partial charge on any atom is -0.351 e. The molecule has 2 aromatic rings. The van der Waals surface area contributed by atoms with E-state index in [0.717, 1.165) is 26.1 Å². The maximum atomic E-state index is 12.4. The van der Waals surface area contributed by atoms with Gasteiger partial charge in [0.25, 0.3) is 5.91 Å². The molecule has 0 radical (unpaired) electrons. The Labute approximate surface area is 154 Å². The number of nitrogens with zero attached hydrogens (tertiary/aromatic N) is 1. The Hall–Kier alpha value is -2.22. The summed E-state index contributed by atoms with van der Waals surface area (Å²) in [5, 5.41) is 8.02. The highest BCUT2D eigenvalue weighted by molar-refractivity contribution is 7.89. The average molecular weight is 373 g/mol. The number of carbonyl (C=O) groups is 1. The molecule has 1 aliphatic rings. The van der Waals surface area contributed by atoms with Crippen LogP contribution in [0.2, 0.25) is 0 Å². The number of fused-ring (bicyclic) bond motifs is 1. The monoisotopic (exact) mass is 373 g/mol. The second-order valence-corrected chi connectivity index (χ2v) is 8.13. The molecule has 6 nitrogen and oxygen atoms in total. The summed E-state index contributed by atoms with van der Waals surface area (Å²) >= 11 is 0. The van der Waals surface area contributed by atoms with E-state index in [0.29, 0.717) is 17.7 Å². The van der Waals surface area contributed by atoms with Crippen LogP contribution in [0.4, 0.5) is 0 Å². The van der Waals surface area contributed by atoms with Crippen molar-refractivity contribution in [3.8, 4) is 0 Å². The Morgan fingerprint density at radius 1 is 1.19 bits per heavy atom. The first-order chi connectivity index (χ1) is 12.3. The summed E-state index contributed by atoms with van der Waals surface area (Å²) in [6.45, 7) is 4.86. The normalized spacial score (nSPS) is 14.7. The second-order valence-electron chi connectivity index (χ2n) is 6.57. The highest BCUT2D eigenvalue weighted by Crippen LogP contribution is 2.18. The zero-order chi connectivity index (χ0) is 18.7. The van der Waals surface area contributed by atoms with Gasteiger partial charge in [0.05, 0.1) is 4.90 Å². The summed E-state index contributed by atoms with van der Waals surface area (Å²) in [4.78, 5) is 14.7. The second kappa shape index (κ2) is 7.57. The van der Waals surface area contributed by atoms with Crippen LogP contribution < -0.4 is 10.5 Å². The topological polar surface area (TPSA) is 92.5 Å². The highest BCUT2D eigenvalue weighted by atomic mass is 32.2. The van der Waals surface area contributed by atoms with Crippen molar-refractivity contribution in [1.82, 2.24) is 10.2 Å². The van der Waals surface area contributed by atoms with Crippen LogP contribution in [-0.4, -0.2) is 38.9 Å². The van der Waals surface area contributed by atoms with Crippen molar-refractivity contribution < 1.29 is 13.2 Å². The van der Waals surface area contributed by atoms with Crippen LogP contribution in [0.1, 0.15) is 27.0 Å². The predicted molar refractivity (Wildman–Crippen MR) is 100 cm³/mol. The summed E-state index contributed by atoms with van der Waals surface area (Å²) in [5.41, 5.74) is 3.77. The molecular formula is C19H23N3O3S. The molecule has 0 aliphatic carbocycles. The molecule has 3 rings (SSSR count). The fourth-order valence-corrected chi connectivity index (χ4v) is 3.73. The molecule has 0 spiro atoms. The molecule has 2 aromatic carbocycles. The van der Waals surface area contributed by atoms with Crippen LogP contribution in [0.15, 0.2) is 47.4 Å². The molecule has 1 heterocycles. The molecule has 0 saturated heterocycles. The van der Waals surface area contributed by atoms with Crippen LogP contribution >= 0.6 is 0 Å². The Morgan fingerprint density at radius 3 is 2.65 bits per heavy atom. The van der Waals surface area contributed by atoms with Crippen molar-refractivity contribution in [3.05, 3.63) is 64.7 Å². The largest absolute Gasteiger partial charge is 0.351 e. The van der Waals surface area contributed by atoms with E-state index in [9.17, 15) is 13.2 Å². The molecule has 1 aliphatic heterocycles. The van der Waals surface area contributed by atoms with Crippen LogP contribution in [0.25, 0.3) is 0 Å². The number of nitrogens with two attached hydrogens (primary N) is 1. The molecule has 0 bridgehead atoms. The number of hydrogen-bond donors (Lipinski definition) is 2. The number of amides is 1. The van der Waals surface area contributed by atoms with E-state index in [4.69, 9.17) is 5.14 Å². The first-order valence-electron chi connectivity index (χ1n) is 8.55. The molecule has 0 aromatic heterocycles. The lowest BCUT2D eigenvalue weighted by Crippen LogP contribution is -2.38. The standard InChI is InChI=1S/C19H23N3O3S/c1-14-6-7-17(26(20,24)25)12-18(14)19(23)21-9-11-22-10-8-15-4-2-3-5-16(15)13-22/h2-7,12H,8-11,13H2,1H3,(H,21,23)(H2,20,24,25). The van der Waals surface area contributed by atoms with Gasteiger partial charge in [0.1, 0.15) is 0 Å². The van der Waals surface area contributed by atoms with Gasteiger partial charge in [0.2, 0.25) is 10.0 Å². The van der Waals surface area contributed by atoms with Gasteiger partial charge in [0.15, 0.2) is 0 Å². The maximum absolute atomic E-state index is 12.4. The number of hydrogen-bond acceptors (Lipinski definition) is 4. The van der Waals surface area contributed by atoms with Gasteiger partial charge < -0.3 is 5.32 Å². The summed E-state index contributed by atoms with van der Waals surface area (Å²) in [6, 6.07) is 12.7. The van der Waals surface area contributed by atoms with Gasteiger partial charge in [-0.15, -0.1) is 0 Å². The van der Waals surface area contributed by atoms with Gasteiger partial charge >= 0.3 is 0 Å². The first-order valence-corrected chi connectivity index (χ1v) is 10.1. The van der Waals surface area contributed by atoms with Crippen molar-refractivity contribution in [1.29, 1.82) is 0 Å². The summed E-state index contributed by atoms with van der Waals surface area (Å²) < 4.78 is 23.0. The lowest BCUT2D eigenvalue weighted by Gasteiger charge is -2.28. The Kier molecular flexibility index (Phi) is 5.41. The molecule has 0 fully saturated rings. The smallest absolute Gasteiger partial charge is 0.251 e. The number of nitrogens with one attached hydrogen (secondary N) is 1. The van der Waals surface area contributed by atoms with Gasteiger partial charge in [-0.25, -0.2) is 13.6 Å². The van der Waals surface area contributed by atoms with Crippen molar-refractivity contribution >= 4 is 15.9 Å². The van der Waals surface area contributed by atoms with E-state index in [-0.39, 0.29) is 10.8 Å². The molecule has 3 N–H and O–H groups in total. The van der Waals surface area contributed by atoms with E-state index >= 15 is 0 Å². The third kappa shape index (κ3) is 4.30. The molecule has 26 heavy (non-hydrogen) atoms. The third-order valence-electron chi connectivity index (χ3n) is 4.71. The quantitative estimate of drug-likeness (QED) is 0.829. The van der Waals surface area contributed by atoms with Gasteiger partial charge in [-0.05, 0) is 42.2 Å². The van der Waals surface area contributed by atoms with Gasteiger partial charge in [-0.2, -0.15) is 0 Å². The third-order valence-corrected chi connectivity index (χ3v) is 5.62. The van der Waals surface area contributed by atoms with Crippen molar-refractivity contribution in [2.24, 2.45) is 5.14 Å². The number of benzene rings is 2. The lowest BCUT2D eigenvalue weighted by molar-refractivity contribution is 0.0946. The molecule has 0 unspecified atom stereocenters. The Bertz CT molecular complexity index is 925. The first kappa shape index (κ1) is 18.6. The van der Waals surface area contributed by atoms with Gasteiger partial charge in [0, 0.05) is 31.7 Å². The van der Waals surface area contributed by atoms with Crippen LogP contribution in [0.3, 0.4) is 0 Å². The van der Waals surface area contributed by atoms with Crippen LogP contribution in [-0.2, 0) is 23.0 Å². The molecular weight excluding hydrogens is 350 g/mol. The average Bonchev–Trinajstić information content (AvgIpc) is 2.61. The summed E-state index contributed by atoms with van der Waals surface area (Å²) in [5.74, 6) is -0.287. The Balaban J connectivity index is 1.58. The number of sulfonamides is 1. The Morgan fingerprint density at radius 2 is 1.92 bits per heavy atom. The number of rotatable bonds is 5. The van der Waals surface area contributed by atoms with Crippen molar-refractivity contribution in [2.75, 3.05) is 19.6 Å². The van der Waals surface area contributed by atoms with Gasteiger partial charge in [-0.1, -0.05) is 30.3 Å². The minimum atomic E-state index is -3.83. The highest BCUT2D eigenvalue weighted by Gasteiger charge is 2.17. The van der Waals surface area contributed by atoms with E-state index in [1.807, 2.05) is 6.07 Å². The zero-order valence-electron chi connectivity index (χ0n) is 14.7. The minimum absolute atomic E-state index is 0.0547. The maximum Gasteiger partial charge on any atom is 0.251 e. The summed E-state index contributed by atoms with van der Waals surface area (Å²) in [7, 11) is -3.83. The van der Waals surface area contributed by atoms with Crippen LogP contribution in [0.5, 0.6) is 0 Å². The fraction of sp³-hybridized carbons (Fsp3) is 0.316. The number of carbonyl (C=O) groups excluding carboxylic acids is 1. The number of aryl methyl sites for hydroxylation is 1. The molecule has 0 atom stereocenters. The molecule has 0 saturated carbocycles. The van der Waals surface area contributed by atoms with Gasteiger partial charge in [-0.3, -0.25) is 9.69 Å². The summed E-state index contributed by atoms with van der Waals surface area (Å²) in [6.07, 6.45) is 1.01. The van der Waals surface area contributed by atoms with Crippen molar-refractivity contribution in [2.45, 2.75) is 24.8 Å². The van der Waals surface area contributed by atoms with Crippen LogP contribution in [0, 0.1) is 6.92 Å². The zero-order valence-corrected chi connectivity index (χ0v) is 15.6. The SMILES string of the molecule is Cc1ccc(S(N)(=O)=O)cc1C(=O)NCCN1CCc2ccccc2C1.